The summed E-state index contributed by atoms with van der Waals surface area (Å²) in [6.45, 7) is 2.84. The van der Waals surface area contributed by atoms with Gasteiger partial charge < -0.3 is 4.74 Å². The van der Waals surface area contributed by atoms with E-state index >= 15 is 0 Å². The average Bonchev–Trinajstić information content (AvgIpc) is 2.62. The molecule has 0 saturated heterocycles. The van der Waals surface area contributed by atoms with Crippen molar-refractivity contribution >= 4 is 10.9 Å². The van der Waals surface area contributed by atoms with Crippen LogP contribution in [-0.2, 0) is 11.3 Å². The lowest BCUT2D eigenvalue weighted by Gasteiger charge is -2.19. The summed E-state index contributed by atoms with van der Waals surface area (Å²) < 4.78 is 6.30. The summed E-state index contributed by atoms with van der Waals surface area (Å²) in [4.78, 5) is 4.42. The summed E-state index contributed by atoms with van der Waals surface area (Å²) in [5.74, 6) is 0. The third-order valence-electron chi connectivity index (χ3n) is 4.17. The third-order valence-corrected chi connectivity index (χ3v) is 4.17. The lowest BCUT2D eigenvalue weighted by molar-refractivity contribution is 0.0330. The quantitative estimate of drug-likeness (QED) is 0.560. The highest BCUT2D eigenvalue weighted by Gasteiger charge is 2.12. The van der Waals surface area contributed by atoms with E-state index < -0.39 is 0 Å². The van der Waals surface area contributed by atoms with Gasteiger partial charge in [-0.1, -0.05) is 68.3 Å². The maximum atomic E-state index is 6.30. The molecule has 3 aromatic rings. The Kier molecular flexibility index (Phi) is 5.38. The Morgan fingerprint density at radius 2 is 1.83 bits per heavy atom. The molecule has 0 saturated carbocycles. The molecule has 118 valence electrons. The van der Waals surface area contributed by atoms with E-state index in [1.165, 1.54) is 29.4 Å². The molecule has 1 aromatic heterocycles. The molecule has 0 fully saturated rings. The van der Waals surface area contributed by atoms with Crippen LogP contribution in [0.2, 0.25) is 0 Å². The number of pyridine rings is 1. The summed E-state index contributed by atoms with van der Waals surface area (Å²) in [6.07, 6.45) is 5.41. The third kappa shape index (κ3) is 3.96. The molecule has 0 radical (unpaired) electrons. The van der Waals surface area contributed by atoms with Crippen molar-refractivity contribution in [2.24, 2.45) is 0 Å². The van der Waals surface area contributed by atoms with Crippen molar-refractivity contribution in [2.75, 3.05) is 0 Å². The minimum Gasteiger partial charge on any atom is -0.369 e. The minimum atomic E-state index is 0.156. The van der Waals surface area contributed by atoms with Crippen LogP contribution in [0.15, 0.2) is 66.9 Å². The van der Waals surface area contributed by atoms with Gasteiger partial charge in [0.25, 0.3) is 0 Å². The Bertz CT molecular complexity index is 734. The number of ether oxygens (including phenoxy) is 1. The standard InChI is InChI=1S/C21H23NO/c1-2-3-14-21(17-9-5-4-6-10-17)23-16-18-11-7-13-20-19(18)12-8-15-22-20/h4-13,15,21H,2-3,14,16H2,1H3. The summed E-state index contributed by atoms with van der Waals surface area (Å²) in [6, 6.07) is 20.9. The molecule has 2 heteroatoms. The number of aromatic nitrogens is 1. The Hall–Kier alpha value is -2.19. The van der Waals surface area contributed by atoms with Gasteiger partial charge in [-0.25, -0.2) is 0 Å². The van der Waals surface area contributed by atoms with Crippen molar-refractivity contribution < 1.29 is 4.74 Å². The van der Waals surface area contributed by atoms with E-state index in [9.17, 15) is 0 Å². The first kappa shape index (κ1) is 15.7. The van der Waals surface area contributed by atoms with Gasteiger partial charge in [-0.3, -0.25) is 4.98 Å². The predicted octanol–water partition coefficient (Wildman–Crippen LogP) is 5.68. The van der Waals surface area contributed by atoms with Gasteiger partial charge in [0, 0.05) is 11.6 Å². The Morgan fingerprint density at radius 1 is 0.957 bits per heavy atom. The highest BCUT2D eigenvalue weighted by atomic mass is 16.5. The monoisotopic (exact) mass is 305 g/mol. The van der Waals surface area contributed by atoms with Crippen LogP contribution >= 0.6 is 0 Å². The first-order valence-electron chi connectivity index (χ1n) is 8.37. The van der Waals surface area contributed by atoms with Crippen molar-refractivity contribution in [3.05, 3.63) is 78.0 Å². The molecule has 3 rings (SSSR count). The van der Waals surface area contributed by atoms with Crippen LogP contribution < -0.4 is 0 Å². The lowest BCUT2D eigenvalue weighted by Crippen LogP contribution is -2.05. The molecule has 0 bridgehead atoms. The minimum absolute atomic E-state index is 0.156. The zero-order chi connectivity index (χ0) is 15.9. The molecule has 1 atom stereocenters. The Labute approximate surface area is 138 Å². The van der Waals surface area contributed by atoms with E-state index in [1.807, 2.05) is 18.3 Å². The van der Waals surface area contributed by atoms with Crippen LogP contribution in [0, 0.1) is 0 Å². The molecule has 2 nitrogen and oxygen atoms in total. The summed E-state index contributed by atoms with van der Waals surface area (Å²) in [5, 5.41) is 1.18. The van der Waals surface area contributed by atoms with Crippen molar-refractivity contribution in [3.8, 4) is 0 Å². The smallest absolute Gasteiger partial charge is 0.0829 e. The van der Waals surface area contributed by atoms with E-state index in [4.69, 9.17) is 4.74 Å². The second kappa shape index (κ2) is 7.89. The maximum Gasteiger partial charge on any atom is 0.0829 e. The highest BCUT2D eigenvalue weighted by molar-refractivity contribution is 5.81. The molecule has 0 aliphatic carbocycles. The van der Waals surface area contributed by atoms with Crippen molar-refractivity contribution in [1.29, 1.82) is 0 Å². The van der Waals surface area contributed by atoms with E-state index in [1.54, 1.807) is 0 Å². The lowest BCUT2D eigenvalue weighted by atomic mass is 10.0. The van der Waals surface area contributed by atoms with Crippen LogP contribution in [0.3, 0.4) is 0 Å². The van der Waals surface area contributed by atoms with Gasteiger partial charge in [0.05, 0.1) is 18.2 Å². The molecule has 1 heterocycles. The van der Waals surface area contributed by atoms with Gasteiger partial charge in [0.1, 0.15) is 0 Å². The van der Waals surface area contributed by atoms with Crippen LogP contribution in [0.4, 0.5) is 0 Å². The molecule has 0 spiro atoms. The second-order valence-corrected chi connectivity index (χ2v) is 5.84. The molecule has 0 aliphatic rings. The fourth-order valence-corrected chi connectivity index (χ4v) is 2.89. The van der Waals surface area contributed by atoms with E-state index in [0.717, 1.165) is 11.9 Å². The van der Waals surface area contributed by atoms with Crippen LogP contribution in [-0.4, -0.2) is 4.98 Å². The Morgan fingerprint density at radius 3 is 2.65 bits per heavy atom. The molecule has 23 heavy (non-hydrogen) atoms. The van der Waals surface area contributed by atoms with E-state index in [2.05, 4.69) is 60.4 Å². The van der Waals surface area contributed by atoms with Crippen molar-refractivity contribution in [1.82, 2.24) is 4.98 Å². The molecule has 0 aliphatic heterocycles. The van der Waals surface area contributed by atoms with Gasteiger partial charge >= 0.3 is 0 Å². The fourth-order valence-electron chi connectivity index (χ4n) is 2.89. The second-order valence-electron chi connectivity index (χ2n) is 5.84. The van der Waals surface area contributed by atoms with E-state index in [-0.39, 0.29) is 6.10 Å². The topological polar surface area (TPSA) is 22.1 Å². The van der Waals surface area contributed by atoms with Gasteiger partial charge in [-0.15, -0.1) is 0 Å². The maximum absolute atomic E-state index is 6.30. The van der Waals surface area contributed by atoms with E-state index in [0.29, 0.717) is 6.61 Å². The van der Waals surface area contributed by atoms with Crippen LogP contribution in [0.1, 0.15) is 43.4 Å². The normalized spacial score (nSPS) is 12.4. The number of hydrogen-bond acceptors (Lipinski definition) is 2. The summed E-state index contributed by atoms with van der Waals surface area (Å²) in [7, 11) is 0. The van der Waals surface area contributed by atoms with Gasteiger partial charge in [0.15, 0.2) is 0 Å². The number of unbranched alkanes of at least 4 members (excludes halogenated alkanes) is 1. The molecule has 0 amide bonds. The molecular formula is C21H23NO. The number of benzene rings is 2. The largest absolute Gasteiger partial charge is 0.369 e. The van der Waals surface area contributed by atoms with Gasteiger partial charge in [0.2, 0.25) is 0 Å². The average molecular weight is 305 g/mol. The molecule has 2 aromatic carbocycles. The number of rotatable bonds is 7. The number of nitrogens with zero attached hydrogens (tertiary/aromatic N) is 1. The summed E-state index contributed by atoms with van der Waals surface area (Å²) in [5.41, 5.74) is 3.49. The van der Waals surface area contributed by atoms with Crippen LogP contribution in [0.5, 0.6) is 0 Å². The van der Waals surface area contributed by atoms with Gasteiger partial charge in [-0.05, 0) is 29.7 Å². The molecule has 0 N–H and O–H groups in total. The van der Waals surface area contributed by atoms with Crippen molar-refractivity contribution in [3.63, 3.8) is 0 Å². The number of hydrogen-bond donors (Lipinski definition) is 0. The van der Waals surface area contributed by atoms with Gasteiger partial charge in [-0.2, -0.15) is 0 Å². The van der Waals surface area contributed by atoms with Crippen LogP contribution in [0.25, 0.3) is 10.9 Å². The molecule has 1 unspecified atom stereocenters. The predicted molar refractivity (Wildman–Crippen MR) is 95.2 cm³/mol. The SMILES string of the molecule is CCCCC(OCc1cccc2ncccc12)c1ccccc1. The molecular weight excluding hydrogens is 282 g/mol. The fraction of sp³-hybridized carbons (Fsp3) is 0.286. The Balaban J connectivity index is 1.77. The first-order chi connectivity index (χ1) is 11.4. The van der Waals surface area contributed by atoms with Crippen molar-refractivity contribution in [2.45, 2.75) is 38.9 Å². The summed E-state index contributed by atoms with van der Waals surface area (Å²) >= 11 is 0. The first-order valence-corrected chi connectivity index (χ1v) is 8.37. The highest BCUT2D eigenvalue weighted by Crippen LogP contribution is 2.26. The zero-order valence-electron chi connectivity index (χ0n) is 13.6. The number of fused-ring (bicyclic) bond motifs is 1. The zero-order valence-corrected chi connectivity index (χ0v) is 13.6.